The van der Waals surface area contributed by atoms with Crippen molar-refractivity contribution < 1.29 is 19.4 Å². The molecule has 0 saturated carbocycles. The van der Waals surface area contributed by atoms with Gasteiger partial charge in [0.05, 0.1) is 5.02 Å². The Morgan fingerprint density at radius 2 is 2.35 bits per heavy atom. The zero-order chi connectivity index (χ0) is 12.4. The summed E-state index contributed by atoms with van der Waals surface area (Å²) in [7, 11) is 0. The van der Waals surface area contributed by atoms with E-state index in [1.807, 2.05) is 0 Å². The number of benzene rings is 1. The van der Waals surface area contributed by atoms with Crippen LogP contribution in [-0.4, -0.2) is 23.9 Å². The molecule has 1 aliphatic heterocycles. The molecule has 5 nitrogen and oxygen atoms in total. The monoisotopic (exact) mass is 257 g/mol. The van der Waals surface area contributed by atoms with E-state index in [-0.39, 0.29) is 6.79 Å². The molecule has 17 heavy (non-hydrogen) atoms. The van der Waals surface area contributed by atoms with E-state index in [0.717, 1.165) is 5.56 Å². The van der Waals surface area contributed by atoms with Crippen molar-refractivity contribution in [3.63, 3.8) is 0 Å². The fourth-order valence-corrected chi connectivity index (χ4v) is 1.77. The van der Waals surface area contributed by atoms with Crippen molar-refractivity contribution in [2.45, 2.75) is 19.5 Å². The van der Waals surface area contributed by atoms with Crippen molar-refractivity contribution in [3.8, 4) is 11.5 Å². The molecule has 6 heteroatoms. The number of rotatable bonds is 4. The number of carbonyl (C=O) groups is 1. The first-order chi connectivity index (χ1) is 8.08. The van der Waals surface area contributed by atoms with E-state index in [2.05, 4.69) is 5.32 Å². The van der Waals surface area contributed by atoms with Crippen LogP contribution in [0.15, 0.2) is 12.1 Å². The first kappa shape index (κ1) is 12.0. The molecule has 1 aromatic rings. The van der Waals surface area contributed by atoms with Crippen molar-refractivity contribution in [1.82, 2.24) is 5.32 Å². The van der Waals surface area contributed by atoms with Crippen molar-refractivity contribution in [1.29, 1.82) is 0 Å². The Bertz CT molecular complexity index is 449. The van der Waals surface area contributed by atoms with E-state index in [0.29, 0.717) is 23.1 Å². The Kier molecular flexibility index (Phi) is 3.40. The lowest BCUT2D eigenvalue weighted by atomic mass is 10.2. The van der Waals surface area contributed by atoms with Gasteiger partial charge in [0, 0.05) is 6.54 Å². The van der Waals surface area contributed by atoms with Crippen LogP contribution < -0.4 is 14.8 Å². The molecule has 0 unspecified atom stereocenters. The summed E-state index contributed by atoms with van der Waals surface area (Å²) < 4.78 is 10.4. The smallest absolute Gasteiger partial charge is 0.320 e. The minimum atomic E-state index is -0.892. The fourth-order valence-electron chi connectivity index (χ4n) is 1.48. The van der Waals surface area contributed by atoms with Gasteiger partial charge in [0.2, 0.25) is 6.79 Å². The van der Waals surface area contributed by atoms with Gasteiger partial charge in [-0.15, -0.1) is 0 Å². The number of aliphatic carboxylic acids is 1. The largest absolute Gasteiger partial charge is 0.480 e. The highest BCUT2D eigenvalue weighted by Crippen LogP contribution is 2.39. The standard InChI is InChI=1S/C11H12ClNO4/c1-6(11(14)15)13-4-7-2-8(12)10-9(3-7)16-5-17-10/h2-3,6,13H,4-5H2,1H3,(H,14,15)/t6-/m1/s1. The van der Waals surface area contributed by atoms with Crippen LogP contribution in [0.4, 0.5) is 0 Å². The number of carboxylic acids is 1. The molecule has 0 amide bonds. The summed E-state index contributed by atoms with van der Waals surface area (Å²) in [4.78, 5) is 10.6. The van der Waals surface area contributed by atoms with Gasteiger partial charge in [-0.05, 0) is 24.6 Å². The molecule has 2 rings (SSSR count). The van der Waals surface area contributed by atoms with Gasteiger partial charge in [-0.25, -0.2) is 0 Å². The Balaban J connectivity index is 2.07. The van der Waals surface area contributed by atoms with E-state index in [1.165, 1.54) is 0 Å². The van der Waals surface area contributed by atoms with Crippen LogP contribution >= 0.6 is 11.6 Å². The van der Waals surface area contributed by atoms with Gasteiger partial charge in [0.25, 0.3) is 0 Å². The second kappa shape index (κ2) is 4.81. The Hall–Kier alpha value is -1.46. The molecule has 0 bridgehead atoms. The number of hydrogen-bond acceptors (Lipinski definition) is 4. The van der Waals surface area contributed by atoms with Gasteiger partial charge in [-0.3, -0.25) is 4.79 Å². The van der Waals surface area contributed by atoms with Gasteiger partial charge >= 0.3 is 5.97 Å². The lowest BCUT2D eigenvalue weighted by Gasteiger charge is -2.10. The molecular weight excluding hydrogens is 246 g/mol. The van der Waals surface area contributed by atoms with Crippen molar-refractivity contribution in [3.05, 3.63) is 22.7 Å². The van der Waals surface area contributed by atoms with Crippen molar-refractivity contribution >= 4 is 17.6 Å². The van der Waals surface area contributed by atoms with Crippen LogP contribution in [0.2, 0.25) is 5.02 Å². The lowest BCUT2D eigenvalue weighted by Crippen LogP contribution is -2.33. The summed E-state index contributed by atoms with van der Waals surface area (Å²) in [5.74, 6) is 0.246. The molecule has 1 atom stereocenters. The minimum absolute atomic E-state index is 0.164. The van der Waals surface area contributed by atoms with Crippen LogP contribution in [0.25, 0.3) is 0 Å². The van der Waals surface area contributed by atoms with Gasteiger partial charge in [-0.1, -0.05) is 11.6 Å². The number of nitrogens with one attached hydrogen (secondary N) is 1. The quantitative estimate of drug-likeness (QED) is 0.858. The van der Waals surface area contributed by atoms with Gasteiger partial charge in [0.1, 0.15) is 6.04 Å². The Labute approximate surface area is 103 Å². The summed E-state index contributed by atoms with van der Waals surface area (Å²) in [5.41, 5.74) is 0.854. The van der Waals surface area contributed by atoms with Crippen LogP contribution in [-0.2, 0) is 11.3 Å². The summed E-state index contributed by atoms with van der Waals surface area (Å²) in [5, 5.41) is 12.1. The third-order valence-electron chi connectivity index (χ3n) is 2.47. The summed E-state index contributed by atoms with van der Waals surface area (Å²) in [6.07, 6.45) is 0. The number of hydrogen-bond donors (Lipinski definition) is 2. The summed E-state index contributed by atoms with van der Waals surface area (Å²) >= 11 is 6.00. The predicted octanol–water partition coefficient (Wildman–Crippen LogP) is 1.63. The van der Waals surface area contributed by atoms with E-state index in [1.54, 1.807) is 19.1 Å². The zero-order valence-corrected chi connectivity index (χ0v) is 9.95. The maximum Gasteiger partial charge on any atom is 0.320 e. The first-order valence-corrected chi connectivity index (χ1v) is 5.50. The predicted molar refractivity (Wildman–Crippen MR) is 61.5 cm³/mol. The molecule has 92 valence electrons. The highest BCUT2D eigenvalue weighted by molar-refractivity contribution is 6.32. The minimum Gasteiger partial charge on any atom is -0.480 e. The Morgan fingerprint density at radius 1 is 1.59 bits per heavy atom. The third kappa shape index (κ3) is 2.62. The molecule has 0 saturated heterocycles. The lowest BCUT2D eigenvalue weighted by molar-refractivity contribution is -0.139. The van der Waals surface area contributed by atoms with Crippen LogP contribution in [0.5, 0.6) is 11.5 Å². The summed E-state index contributed by atoms with van der Waals surface area (Å²) in [6.45, 7) is 2.15. The van der Waals surface area contributed by atoms with E-state index in [9.17, 15) is 4.79 Å². The number of fused-ring (bicyclic) bond motifs is 1. The van der Waals surface area contributed by atoms with Gasteiger partial charge in [-0.2, -0.15) is 0 Å². The summed E-state index contributed by atoms with van der Waals surface area (Å²) in [6, 6.07) is 2.91. The second-order valence-corrected chi connectivity index (χ2v) is 4.16. The molecule has 1 heterocycles. The SMILES string of the molecule is C[C@@H](NCc1cc(Cl)c2c(c1)OCO2)C(=O)O. The number of carboxylic acid groups (broad SMARTS) is 1. The molecule has 2 N–H and O–H groups in total. The number of ether oxygens (including phenoxy) is 2. The van der Waals surface area contributed by atoms with Gasteiger partial charge in [0.15, 0.2) is 11.5 Å². The van der Waals surface area contributed by atoms with Crippen molar-refractivity contribution in [2.24, 2.45) is 0 Å². The third-order valence-corrected chi connectivity index (χ3v) is 2.75. The second-order valence-electron chi connectivity index (χ2n) is 3.75. The molecule has 0 radical (unpaired) electrons. The maximum absolute atomic E-state index is 10.6. The topological polar surface area (TPSA) is 67.8 Å². The van der Waals surface area contributed by atoms with E-state index >= 15 is 0 Å². The molecule has 1 aromatic carbocycles. The van der Waals surface area contributed by atoms with Crippen LogP contribution in [0.3, 0.4) is 0 Å². The van der Waals surface area contributed by atoms with Crippen molar-refractivity contribution in [2.75, 3.05) is 6.79 Å². The van der Waals surface area contributed by atoms with Gasteiger partial charge < -0.3 is 19.9 Å². The van der Waals surface area contributed by atoms with Crippen LogP contribution in [0.1, 0.15) is 12.5 Å². The molecule has 0 fully saturated rings. The maximum atomic E-state index is 10.6. The highest BCUT2D eigenvalue weighted by atomic mass is 35.5. The highest BCUT2D eigenvalue weighted by Gasteiger charge is 2.18. The Morgan fingerprint density at radius 3 is 3.06 bits per heavy atom. The molecule has 0 spiro atoms. The first-order valence-electron chi connectivity index (χ1n) is 5.12. The fraction of sp³-hybridized carbons (Fsp3) is 0.364. The van der Waals surface area contributed by atoms with E-state index in [4.69, 9.17) is 26.2 Å². The molecule has 0 aromatic heterocycles. The molecular formula is C11H12ClNO4. The average molecular weight is 258 g/mol. The number of halogens is 1. The van der Waals surface area contributed by atoms with E-state index < -0.39 is 12.0 Å². The van der Waals surface area contributed by atoms with Crippen LogP contribution in [0, 0.1) is 0 Å². The molecule has 0 aliphatic carbocycles. The molecule has 1 aliphatic rings. The zero-order valence-electron chi connectivity index (χ0n) is 9.20. The average Bonchev–Trinajstić information content (AvgIpc) is 2.74. The normalized spacial score (nSPS) is 14.7.